The molecule has 1 heterocycles. The molecule has 0 bridgehead atoms. The minimum atomic E-state index is -0.579. The van der Waals surface area contributed by atoms with Crippen LogP contribution in [0.3, 0.4) is 0 Å². The molecule has 1 unspecified atom stereocenters. The quantitative estimate of drug-likeness (QED) is 0.844. The van der Waals surface area contributed by atoms with Crippen LogP contribution in [0.2, 0.25) is 0 Å². The molecule has 0 aliphatic carbocycles. The molecular weight excluding hydrogens is 333 g/mol. The van der Waals surface area contributed by atoms with E-state index in [2.05, 4.69) is 24.1 Å². The Morgan fingerprint density at radius 1 is 1.04 bits per heavy atom. The number of hydrogen-bond donors (Lipinski definition) is 1. The van der Waals surface area contributed by atoms with E-state index in [0.717, 1.165) is 19.6 Å². The fraction of sp³-hybridized carbons (Fsp3) is 0.600. The van der Waals surface area contributed by atoms with Gasteiger partial charge in [-0.2, -0.15) is 0 Å². The van der Waals surface area contributed by atoms with E-state index < -0.39 is 11.9 Å². The molecule has 0 radical (unpaired) electrons. The van der Waals surface area contributed by atoms with Gasteiger partial charge in [0.2, 0.25) is 5.91 Å². The number of halogens is 1. The summed E-state index contributed by atoms with van der Waals surface area (Å²) in [7, 11) is 0. The summed E-state index contributed by atoms with van der Waals surface area (Å²) in [5, 5.41) is 2.83. The third-order valence-electron chi connectivity index (χ3n) is 4.63. The highest BCUT2D eigenvalue weighted by atomic mass is 19.1. The molecule has 1 aromatic carbocycles. The second-order valence-electron chi connectivity index (χ2n) is 7.72. The van der Waals surface area contributed by atoms with E-state index in [1.807, 2.05) is 18.7 Å². The average Bonchev–Trinajstić information content (AvgIpc) is 2.59. The Bertz CT molecular complexity index is 608. The van der Waals surface area contributed by atoms with Gasteiger partial charge in [-0.25, -0.2) is 4.39 Å². The van der Waals surface area contributed by atoms with Crippen molar-refractivity contribution in [2.75, 3.05) is 32.7 Å². The molecule has 0 aromatic heterocycles. The zero-order chi connectivity index (χ0) is 19.3. The third-order valence-corrected chi connectivity index (χ3v) is 4.63. The molecule has 5 nitrogen and oxygen atoms in total. The Morgan fingerprint density at radius 3 is 2.12 bits per heavy atom. The van der Waals surface area contributed by atoms with Gasteiger partial charge in [0.25, 0.3) is 5.91 Å². The first-order chi connectivity index (χ1) is 12.3. The van der Waals surface area contributed by atoms with Gasteiger partial charge in [0.1, 0.15) is 11.9 Å². The largest absolute Gasteiger partial charge is 0.340 e. The highest BCUT2D eigenvalue weighted by Gasteiger charge is 2.31. The first kappa shape index (κ1) is 20.4. The second kappa shape index (κ2) is 9.12. The standard InChI is InChI=1S/C20H30FN3O2/c1-14(2)13-23-9-11-24(12-10-23)20(26)18(15(3)4)22-19(25)16-5-7-17(21)8-6-16/h5-8,14-15,18H,9-13H2,1-4H3,(H,22,25). The Morgan fingerprint density at radius 2 is 1.62 bits per heavy atom. The fourth-order valence-electron chi connectivity index (χ4n) is 3.20. The first-order valence-corrected chi connectivity index (χ1v) is 9.35. The van der Waals surface area contributed by atoms with Crippen LogP contribution in [-0.4, -0.2) is 60.4 Å². The van der Waals surface area contributed by atoms with Crippen molar-refractivity contribution in [3.8, 4) is 0 Å². The Hall–Kier alpha value is -1.95. The molecule has 0 saturated carbocycles. The van der Waals surface area contributed by atoms with Gasteiger partial charge >= 0.3 is 0 Å². The number of piperazine rings is 1. The Balaban J connectivity index is 1.97. The highest BCUT2D eigenvalue weighted by Crippen LogP contribution is 2.12. The van der Waals surface area contributed by atoms with Crippen LogP contribution in [0.1, 0.15) is 38.1 Å². The van der Waals surface area contributed by atoms with Crippen molar-refractivity contribution in [1.29, 1.82) is 0 Å². The number of carbonyl (C=O) groups is 2. The summed E-state index contributed by atoms with van der Waals surface area (Å²) in [6, 6.07) is 4.77. The Labute approximate surface area is 155 Å². The maximum Gasteiger partial charge on any atom is 0.251 e. The van der Waals surface area contributed by atoms with Crippen molar-refractivity contribution in [3.63, 3.8) is 0 Å². The second-order valence-corrected chi connectivity index (χ2v) is 7.72. The summed E-state index contributed by atoms with van der Waals surface area (Å²) in [5.41, 5.74) is 0.353. The molecule has 2 amide bonds. The summed E-state index contributed by atoms with van der Waals surface area (Å²) in [4.78, 5) is 29.6. The van der Waals surface area contributed by atoms with E-state index in [-0.39, 0.29) is 17.7 Å². The van der Waals surface area contributed by atoms with E-state index in [0.29, 0.717) is 24.6 Å². The fourth-order valence-corrected chi connectivity index (χ4v) is 3.20. The molecule has 6 heteroatoms. The van der Waals surface area contributed by atoms with Gasteiger partial charge in [-0.1, -0.05) is 27.7 Å². The molecule has 1 saturated heterocycles. The van der Waals surface area contributed by atoms with Crippen molar-refractivity contribution in [2.45, 2.75) is 33.7 Å². The van der Waals surface area contributed by atoms with Crippen molar-refractivity contribution in [1.82, 2.24) is 15.1 Å². The summed E-state index contributed by atoms with van der Waals surface area (Å²) in [6.45, 7) is 12.3. The van der Waals surface area contributed by atoms with E-state index >= 15 is 0 Å². The molecule has 2 rings (SSSR count). The molecule has 1 aromatic rings. The summed E-state index contributed by atoms with van der Waals surface area (Å²) in [5.74, 6) is -0.205. The summed E-state index contributed by atoms with van der Waals surface area (Å²) < 4.78 is 13.0. The maximum absolute atomic E-state index is 13.0. The topological polar surface area (TPSA) is 52.6 Å². The molecule has 1 atom stereocenters. The van der Waals surface area contributed by atoms with E-state index in [9.17, 15) is 14.0 Å². The van der Waals surface area contributed by atoms with Crippen LogP contribution < -0.4 is 5.32 Å². The average molecular weight is 363 g/mol. The van der Waals surface area contributed by atoms with Crippen molar-refractivity contribution < 1.29 is 14.0 Å². The molecule has 1 aliphatic heterocycles. The first-order valence-electron chi connectivity index (χ1n) is 9.35. The van der Waals surface area contributed by atoms with Crippen LogP contribution in [0.25, 0.3) is 0 Å². The third kappa shape index (κ3) is 5.53. The van der Waals surface area contributed by atoms with Crippen LogP contribution in [0.5, 0.6) is 0 Å². The van der Waals surface area contributed by atoms with Crippen molar-refractivity contribution in [2.24, 2.45) is 11.8 Å². The van der Waals surface area contributed by atoms with Crippen LogP contribution in [0, 0.1) is 17.7 Å². The minimum absolute atomic E-state index is 0.0272. The van der Waals surface area contributed by atoms with Crippen LogP contribution in [0.4, 0.5) is 4.39 Å². The van der Waals surface area contributed by atoms with Gasteiger partial charge in [-0.15, -0.1) is 0 Å². The number of rotatable bonds is 6. The maximum atomic E-state index is 13.0. The van der Waals surface area contributed by atoms with Crippen LogP contribution in [-0.2, 0) is 4.79 Å². The molecule has 26 heavy (non-hydrogen) atoms. The molecule has 1 N–H and O–H groups in total. The number of carbonyl (C=O) groups excluding carboxylic acids is 2. The van der Waals surface area contributed by atoms with Gasteiger partial charge in [0.05, 0.1) is 0 Å². The Kier molecular flexibility index (Phi) is 7.14. The molecule has 0 spiro atoms. The molecular formula is C20H30FN3O2. The van der Waals surface area contributed by atoms with E-state index in [1.165, 1.54) is 24.3 Å². The van der Waals surface area contributed by atoms with E-state index in [1.54, 1.807) is 0 Å². The van der Waals surface area contributed by atoms with Crippen LogP contribution >= 0.6 is 0 Å². The van der Waals surface area contributed by atoms with Crippen molar-refractivity contribution >= 4 is 11.8 Å². The number of hydrogen-bond acceptors (Lipinski definition) is 3. The summed E-state index contributed by atoms with van der Waals surface area (Å²) in [6.07, 6.45) is 0. The monoisotopic (exact) mass is 363 g/mol. The van der Waals surface area contributed by atoms with Gasteiger partial charge in [0, 0.05) is 38.3 Å². The number of amides is 2. The normalized spacial score (nSPS) is 16.8. The minimum Gasteiger partial charge on any atom is -0.340 e. The predicted octanol–water partition coefficient (Wildman–Crippen LogP) is 2.38. The number of nitrogens with zero attached hydrogens (tertiary/aromatic N) is 2. The lowest BCUT2D eigenvalue weighted by molar-refractivity contribution is -0.136. The van der Waals surface area contributed by atoms with Crippen molar-refractivity contribution in [3.05, 3.63) is 35.6 Å². The van der Waals surface area contributed by atoms with Gasteiger partial charge in [-0.3, -0.25) is 14.5 Å². The lowest BCUT2D eigenvalue weighted by atomic mass is 10.0. The summed E-state index contributed by atoms with van der Waals surface area (Å²) >= 11 is 0. The lowest BCUT2D eigenvalue weighted by Crippen LogP contribution is -2.56. The molecule has 1 aliphatic rings. The van der Waals surface area contributed by atoms with E-state index in [4.69, 9.17) is 0 Å². The smallest absolute Gasteiger partial charge is 0.251 e. The predicted molar refractivity (Wildman–Crippen MR) is 100 cm³/mol. The van der Waals surface area contributed by atoms with Crippen LogP contribution in [0.15, 0.2) is 24.3 Å². The number of benzene rings is 1. The van der Waals surface area contributed by atoms with Gasteiger partial charge in [-0.05, 0) is 36.1 Å². The SMILES string of the molecule is CC(C)CN1CCN(C(=O)C(NC(=O)c2ccc(F)cc2)C(C)C)CC1. The van der Waals surface area contributed by atoms with Gasteiger partial charge in [0.15, 0.2) is 0 Å². The number of nitrogens with one attached hydrogen (secondary N) is 1. The molecule has 144 valence electrons. The van der Waals surface area contributed by atoms with Gasteiger partial charge < -0.3 is 10.2 Å². The lowest BCUT2D eigenvalue weighted by Gasteiger charge is -2.37. The highest BCUT2D eigenvalue weighted by molar-refractivity contribution is 5.97. The zero-order valence-electron chi connectivity index (χ0n) is 16.2. The zero-order valence-corrected chi connectivity index (χ0v) is 16.2. The molecule has 1 fully saturated rings.